The lowest BCUT2D eigenvalue weighted by molar-refractivity contribution is 0.0655. The van der Waals surface area contributed by atoms with Gasteiger partial charge in [0.15, 0.2) is 11.6 Å². The van der Waals surface area contributed by atoms with Crippen LogP contribution in [0.2, 0.25) is 0 Å². The molecule has 4 rings (SSSR count). The maximum Gasteiger partial charge on any atom is 0.338 e. The van der Waals surface area contributed by atoms with Crippen LogP contribution in [0.4, 0.5) is 4.39 Å². The van der Waals surface area contributed by atoms with Crippen LogP contribution in [0.5, 0.6) is 5.75 Å². The third-order valence-electron chi connectivity index (χ3n) is 5.03. The topological polar surface area (TPSA) is 88.2 Å². The summed E-state index contributed by atoms with van der Waals surface area (Å²) in [4.78, 5) is 23.9. The first-order valence-corrected chi connectivity index (χ1v) is 8.62. The van der Waals surface area contributed by atoms with Crippen molar-refractivity contribution in [2.45, 2.75) is 13.3 Å². The van der Waals surface area contributed by atoms with Crippen molar-refractivity contribution in [1.29, 1.82) is 0 Å². The molecule has 1 aromatic carbocycles. The van der Waals surface area contributed by atoms with E-state index in [9.17, 15) is 24.2 Å². The van der Waals surface area contributed by atoms with E-state index in [1.807, 2.05) is 6.92 Å². The van der Waals surface area contributed by atoms with E-state index in [1.165, 1.54) is 19.2 Å². The van der Waals surface area contributed by atoms with E-state index in [1.54, 1.807) is 28.7 Å². The normalized spacial score (nSPS) is 11.4. The van der Waals surface area contributed by atoms with Crippen LogP contribution in [0.25, 0.3) is 27.7 Å². The maximum atomic E-state index is 14.4. The number of aromatic nitrogens is 1. The fraction of sp³-hybridized carbons (Fsp3) is 0.143. The monoisotopic (exact) mass is 381 g/mol. The molecule has 6 nitrogen and oxygen atoms in total. The third kappa shape index (κ3) is 2.26. The predicted octanol–water partition coefficient (Wildman–Crippen LogP) is 4.30. The van der Waals surface area contributed by atoms with Crippen molar-refractivity contribution in [2.75, 3.05) is 7.11 Å². The Hall–Kier alpha value is -3.61. The summed E-state index contributed by atoms with van der Waals surface area (Å²) in [7, 11) is 1.36. The van der Waals surface area contributed by atoms with Crippen molar-refractivity contribution in [3.63, 3.8) is 0 Å². The second-order valence-corrected chi connectivity index (χ2v) is 6.40. The van der Waals surface area contributed by atoms with Crippen LogP contribution in [0.15, 0.2) is 36.4 Å². The third-order valence-corrected chi connectivity index (χ3v) is 5.03. The molecular formula is C21H16FNO5. The fourth-order valence-corrected chi connectivity index (χ4v) is 3.96. The first-order chi connectivity index (χ1) is 13.4. The number of nitrogens with zero attached hydrogens (tertiary/aromatic N) is 1. The summed E-state index contributed by atoms with van der Waals surface area (Å²) in [6.07, 6.45) is 0.561. The van der Waals surface area contributed by atoms with E-state index in [2.05, 4.69) is 0 Å². The van der Waals surface area contributed by atoms with Gasteiger partial charge in [0.1, 0.15) is 11.1 Å². The SMILES string of the molecule is CCc1c(-c2ccc(OC)c(F)c2)c2c(C(=O)O)c(C(=O)O)c3cccc1n32. The maximum absolute atomic E-state index is 14.4. The number of hydrogen-bond donors (Lipinski definition) is 2. The van der Waals surface area contributed by atoms with Crippen molar-refractivity contribution < 1.29 is 28.9 Å². The molecule has 0 spiro atoms. The molecule has 28 heavy (non-hydrogen) atoms. The van der Waals surface area contributed by atoms with Crippen molar-refractivity contribution in [3.05, 3.63) is 58.9 Å². The van der Waals surface area contributed by atoms with Gasteiger partial charge in [-0.3, -0.25) is 0 Å². The molecule has 3 heterocycles. The molecule has 3 aromatic heterocycles. The Kier molecular flexibility index (Phi) is 3.96. The highest BCUT2D eigenvalue weighted by molar-refractivity contribution is 6.17. The van der Waals surface area contributed by atoms with Gasteiger partial charge in [0.25, 0.3) is 0 Å². The van der Waals surface area contributed by atoms with Crippen LogP contribution >= 0.6 is 0 Å². The Balaban J connectivity index is 2.23. The molecule has 0 unspecified atom stereocenters. The average Bonchev–Trinajstić information content (AvgIpc) is 3.18. The summed E-state index contributed by atoms with van der Waals surface area (Å²) in [5.74, 6) is -3.17. The molecule has 0 saturated carbocycles. The quantitative estimate of drug-likeness (QED) is 0.538. The summed E-state index contributed by atoms with van der Waals surface area (Å²) in [5.41, 5.74) is 2.50. The first-order valence-electron chi connectivity index (χ1n) is 8.62. The van der Waals surface area contributed by atoms with E-state index in [0.717, 1.165) is 5.56 Å². The molecule has 7 heteroatoms. The molecular weight excluding hydrogens is 365 g/mol. The van der Waals surface area contributed by atoms with Crippen molar-refractivity contribution in [2.24, 2.45) is 0 Å². The van der Waals surface area contributed by atoms with Gasteiger partial charge >= 0.3 is 11.9 Å². The molecule has 142 valence electrons. The molecule has 0 saturated heterocycles. The summed E-state index contributed by atoms with van der Waals surface area (Å²) in [6.45, 7) is 1.92. The minimum absolute atomic E-state index is 0.0721. The number of carboxylic acid groups (broad SMARTS) is 2. The number of hydrogen-bond acceptors (Lipinski definition) is 3. The Morgan fingerprint density at radius 1 is 1.07 bits per heavy atom. The van der Waals surface area contributed by atoms with Crippen molar-refractivity contribution in [1.82, 2.24) is 4.40 Å². The Morgan fingerprint density at radius 2 is 1.75 bits per heavy atom. The number of carbonyl (C=O) groups is 2. The number of pyridine rings is 1. The molecule has 2 N–H and O–H groups in total. The number of halogens is 1. The first kappa shape index (κ1) is 17.8. The zero-order valence-electron chi connectivity index (χ0n) is 15.1. The van der Waals surface area contributed by atoms with Gasteiger partial charge in [0.05, 0.1) is 23.7 Å². The number of ether oxygens (including phenoxy) is 1. The average molecular weight is 381 g/mol. The van der Waals surface area contributed by atoms with Crippen LogP contribution in [-0.2, 0) is 6.42 Å². The highest BCUT2D eigenvalue weighted by Crippen LogP contribution is 2.42. The predicted molar refractivity (Wildman–Crippen MR) is 101 cm³/mol. The second kappa shape index (κ2) is 6.23. The molecule has 0 atom stereocenters. The van der Waals surface area contributed by atoms with Gasteiger partial charge in [-0.05, 0) is 41.8 Å². The summed E-state index contributed by atoms with van der Waals surface area (Å²) in [6, 6.07) is 9.47. The molecule has 0 aliphatic rings. The standard InChI is InChI=1S/C21H16FNO5/c1-3-11-13-5-4-6-14-17(20(24)25)18(21(26)27)19(23(13)14)16(11)10-7-8-15(28-2)12(22)9-10/h4-9H,3H2,1-2H3,(H,24,25)(H,26,27). The number of methoxy groups -OCH3 is 1. The number of benzene rings is 1. The minimum atomic E-state index is -1.34. The van der Waals surface area contributed by atoms with Gasteiger partial charge in [-0.2, -0.15) is 0 Å². The van der Waals surface area contributed by atoms with Gasteiger partial charge in [-0.15, -0.1) is 0 Å². The van der Waals surface area contributed by atoms with Crippen LogP contribution < -0.4 is 4.74 Å². The van der Waals surface area contributed by atoms with Gasteiger partial charge in [0.2, 0.25) is 0 Å². The van der Waals surface area contributed by atoms with Gasteiger partial charge in [-0.1, -0.05) is 19.1 Å². The molecule has 0 bridgehead atoms. The lowest BCUT2D eigenvalue weighted by atomic mass is 9.96. The van der Waals surface area contributed by atoms with Crippen LogP contribution in [0, 0.1) is 5.82 Å². The summed E-state index contributed by atoms with van der Waals surface area (Å²) in [5, 5.41) is 19.5. The molecule has 0 fully saturated rings. The van der Waals surface area contributed by atoms with Gasteiger partial charge < -0.3 is 19.4 Å². The number of aromatic carboxylic acids is 2. The fourth-order valence-electron chi connectivity index (χ4n) is 3.96. The Labute approximate surface area is 158 Å². The molecule has 0 radical (unpaired) electrons. The van der Waals surface area contributed by atoms with Gasteiger partial charge in [-0.25, -0.2) is 14.0 Å². The largest absolute Gasteiger partial charge is 0.494 e. The molecule has 4 aromatic rings. The number of aryl methyl sites for hydroxylation is 1. The van der Waals surface area contributed by atoms with E-state index in [-0.39, 0.29) is 22.4 Å². The summed E-state index contributed by atoms with van der Waals surface area (Å²) < 4.78 is 21.0. The summed E-state index contributed by atoms with van der Waals surface area (Å²) >= 11 is 0. The Morgan fingerprint density at radius 3 is 2.32 bits per heavy atom. The van der Waals surface area contributed by atoms with Crippen LogP contribution in [-0.4, -0.2) is 33.7 Å². The lowest BCUT2D eigenvalue weighted by Crippen LogP contribution is -2.06. The highest BCUT2D eigenvalue weighted by atomic mass is 19.1. The number of rotatable bonds is 5. The van der Waals surface area contributed by atoms with Crippen LogP contribution in [0.1, 0.15) is 33.2 Å². The Bertz CT molecular complexity index is 1260. The molecule has 0 aliphatic carbocycles. The number of carboxylic acids is 2. The highest BCUT2D eigenvalue weighted by Gasteiger charge is 2.31. The minimum Gasteiger partial charge on any atom is -0.494 e. The lowest BCUT2D eigenvalue weighted by Gasteiger charge is -2.08. The van der Waals surface area contributed by atoms with E-state index in [0.29, 0.717) is 28.6 Å². The zero-order valence-corrected chi connectivity index (χ0v) is 15.1. The van der Waals surface area contributed by atoms with Crippen LogP contribution in [0.3, 0.4) is 0 Å². The smallest absolute Gasteiger partial charge is 0.338 e. The van der Waals surface area contributed by atoms with E-state index >= 15 is 0 Å². The molecule has 0 aliphatic heterocycles. The zero-order chi connectivity index (χ0) is 20.2. The van der Waals surface area contributed by atoms with Crippen molar-refractivity contribution >= 4 is 28.5 Å². The van der Waals surface area contributed by atoms with Crippen molar-refractivity contribution in [3.8, 4) is 16.9 Å². The molecule has 0 amide bonds. The second-order valence-electron chi connectivity index (χ2n) is 6.40. The van der Waals surface area contributed by atoms with E-state index < -0.39 is 17.8 Å². The van der Waals surface area contributed by atoms with E-state index in [4.69, 9.17) is 4.74 Å². The van der Waals surface area contributed by atoms with Gasteiger partial charge in [0, 0.05) is 5.56 Å².